The van der Waals surface area contributed by atoms with Crippen LogP contribution in [0.2, 0.25) is 0 Å². The summed E-state index contributed by atoms with van der Waals surface area (Å²) < 4.78 is 5.35. The van der Waals surface area contributed by atoms with E-state index < -0.39 is 0 Å². The van der Waals surface area contributed by atoms with E-state index in [0.29, 0.717) is 6.04 Å². The maximum atomic E-state index is 6.16. The predicted octanol–water partition coefficient (Wildman–Crippen LogP) is 2.43. The average molecular weight is 225 g/mol. The third-order valence-corrected chi connectivity index (χ3v) is 3.92. The molecule has 0 aromatic carbocycles. The molecule has 1 aromatic heterocycles. The predicted molar refractivity (Wildman–Crippen MR) is 64.2 cm³/mol. The van der Waals surface area contributed by atoms with E-state index in [-0.39, 0.29) is 0 Å². The zero-order valence-corrected chi connectivity index (χ0v) is 9.84. The Labute approximate surface area is 95.4 Å². The molecule has 1 unspecified atom stereocenters. The highest BCUT2D eigenvalue weighted by Gasteiger charge is 2.17. The molecule has 2 N–H and O–H groups in total. The van der Waals surface area contributed by atoms with Gasteiger partial charge in [0.1, 0.15) is 0 Å². The molecule has 84 valence electrons. The third-order valence-electron chi connectivity index (χ3n) is 3.02. The summed E-state index contributed by atoms with van der Waals surface area (Å²) in [6.07, 6.45) is 4.58. The van der Waals surface area contributed by atoms with Crippen molar-refractivity contribution in [3.8, 4) is 0 Å². The summed E-state index contributed by atoms with van der Waals surface area (Å²) in [7, 11) is 0. The largest absolute Gasteiger partial charge is 0.381 e. The van der Waals surface area contributed by atoms with Crippen molar-refractivity contribution in [1.82, 2.24) is 0 Å². The van der Waals surface area contributed by atoms with E-state index in [0.717, 1.165) is 32.0 Å². The first-order valence-corrected chi connectivity index (χ1v) is 6.58. The minimum absolute atomic E-state index is 0.326. The van der Waals surface area contributed by atoms with E-state index in [1.54, 1.807) is 0 Å². The number of hydrogen-bond acceptors (Lipinski definition) is 3. The van der Waals surface area contributed by atoms with Crippen LogP contribution in [0.15, 0.2) is 17.5 Å². The third kappa shape index (κ3) is 3.59. The summed E-state index contributed by atoms with van der Waals surface area (Å²) in [5, 5.41) is 2.12. The summed E-state index contributed by atoms with van der Waals surface area (Å²) in [4.78, 5) is 1.41. The smallest absolute Gasteiger partial charge is 0.0468 e. The fourth-order valence-corrected chi connectivity index (χ4v) is 2.98. The highest BCUT2D eigenvalue weighted by Crippen LogP contribution is 2.21. The lowest BCUT2D eigenvalue weighted by atomic mass is 9.91. The Bertz CT molecular complexity index is 267. The Morgan fingerprint density at radius 2 is 2.27 bits per heavy atom. The first kappa shape index (κ1) is 11.1. The van der Waals surface area contributed by atoms with Crippen LogP contribution in [0.1, 0.15) is 24.1 Å². The molecule has 2 heterocycles. The second-order valence-corrected chi connectivity index (χ2v) is 5.37. The van der Waals surface area contributed by atoms with Crippen LogP contribution in [-0.2, 0) is 11.2 Å². The molecule has 15 heavy (non-hydrogen) atoms. The van der Waals surface area contributed by atoms with Crippen LogP contribution < -0.4 is 5.73 Å². The van der Waals surface area contributed by atoms with Gasteiger partial charge in [0.2, 0.25) is 0 Å². The second kappa shape index (κ2) is 5.64. The lowest BCUT2D eigenvalue weighted by Crippen LogP contribution is -2.28. The van der Waals surface area contributed by atoms with Gasteiger partial charge in [-0.1, -0.05) is 6.07 Å². The lowest BCUT2D eigenvalue weighted by molar-refractivity contribution is 0.0619. The van der Waals surface area contributed by atoms with Gasteiger partial charge in [-0.15, -0.1) is 11.3 Å². The molecule has 0 radical (unpaired) electrons. The van der Waals surface area contributed by atoms with Crippen LogP contribution >= 0.6 is 11.3 Å². The standard InChI is InChI=1S/C12H19NOS/c13-11(9-12-2-1-7-15-12)8-10-3-5-14-6-4-10/h1-2,7,10-11H,3-6,8-9,13H2. The number of hydrogen-bond donors (Lipinski definition) is 1. The average Bonchev–Trinajstić information content (AvgIpc) is 2.71. The van der Waals surface area contributed by atoms with Gasteiger partial charge < -0.3 is 10.5 Å². The van der Waals surface area contributed by atoms with E-state index in [4.69, 9.17) is 10.5 Å². The quantitative estimate of drug-likeness (QED) is 0.854. The monoisotopic (exact) mass is 225 g/mol. The molecule has 3 heteroatoms. The number of ether oxygens (including phenoxy) is 1. The van der Waals surface area contributed by atoms with Gasteiger partial charge in [-0.2, -0.15) is 0 Å². The maximum Gasteiger partial charge on any atom is 0.0468 e. The minimum Gasteiger partial charge on any atom is -0.381 e. The molecule has 1 saturated heterocycles. The Hall–Kier alpha value is -0.380. The molecule has 2 nitrogen and oxygen atoms in total. The van der Waals surface area contributed by atoms with Gasteiger partial charge in [0.25, 0.3) is 0 Å². The molecule has 0 spiro atoms. The molecule has 0 saturated carbocycles. The molecule has 1 fully saturated rings. The molecule has 1 aliphatic rings. The van der Waals surface area contributed by atoms with Crippen molar-refractivity contribution in [3.63, 3.8) is 0 Å². The second-order valence-electron chi connectivity index (χ2n) is 4.34. The zero-order chi connectivity index (χ0) is 10.5. The van der Waals surface area contributed by atoms with Crippen molar-refractivity contribution in [2.45, 2.75) is 31.7 Å². The number of thiophene rings is 1. The minimum atomic E-state index is 0.326. The Morgan fingerprint density at radius 3 is 2.93 bits per heavy atom. The molecule has 0 aliphatic carbocycles. The maximum absolute atomic E-state index is 6.16. The van der Waals surface area contributed by atoms with Crippen LogP contribution in [0.4, 0.5) is 0 Å². The molecule has 1 aromatic rings. The van der Waals surface area contributed by atoms with Gasteiger partial charge in [0.15, 0.2) is 0 Å². The Balaban J connectivity index is 1.74. The fourth-order valence-electron chi connectivity index (χ4n) is 2.18. The summed E-state index contributed by atoms with van der Waals surface area (Å²) in [5.41, 5.74) is 6.16. The van der Waals surface area contributed by atoms with E-state index in [1.165, 1.54) is 17.7 Å². The van der Waals surface area contributed by atoms with E-state index >= 15 is 0 Å². The van der Waals surface area contributed by atoms with Gasteiger partial charge in [0, 0.05) is 24.1 Å². The highest BCUT2D eigenvalue weighted by molar-refractivity contribution is 7.09. The molecular weight excluding hydrogens is 206 g/mol. The van der Waals surface area contributed by atoms with Crippen LogP contribution in [0, 0.1) is 5.92 Å². The summed E-state index contributed by atoms with van der Waals surface area (Å²) >= 11 is 1.81. The van der Waals surface area contributed by atoms with E-state index in [1.807, 2.05) is 11.3 Å². The first-order chi connectivity index (χ1) is 7.34. The number of nitrogens with two attached hydrogens (primary N) is 1. The van der Waals surface area contributed by atoms with Crippen LogP contribution in [0.5, 0.6) is 0 Å². The zero-order valence-electron chi connectivity index (χ0n) is 9.02. The van der Waals surface area contributed by atoms with Crippen molar-refractivity contribution in [2.24, 2.45) is 11.7 Å². The highest BCUT2D eigenvalue weighted by atomic mass is 32.1. The van der Waals surface area contributed by atoms with Crippen molar-refractivity contribution >= 4 is 11.3 Å². The molecular formula is C12H19NOS. The van der Waals surface area contributed by atoms with Gasteiger partial charge in [0.05, 0.1) is 0 Å². The molecule has 1 aliphatic heterocycles. The molecule has 2 rings (SSSR count). The fraction of sp³-hybridized carbons (Fsp3) is 0.667. The molecule has 0 bridgehead atoms. The van der Waals surface area contributed by atoms with Crippen molar-refractivity contribution in [1.29, 1.82) is 0 Å². The van der Waals surface area contributed by atoms with Gasteiger partial charge in [-0.05, 0) is 43.0 Å². The van der Waals surface area contributed by atoms with Crippen molar-refractivity contribution in [3.05, 3.63) is 22.4 Å². The van der Waals surface area contributed by atoms with Crippen LogP contribution in [0.25, 0.3) is 0 Å². The normalized spacial score (nSPS) is 20.3. The van der Waals surface area contributed by atoms with Crippen LogP contribution in [-0.4, -0.2) is 19.3 Å². The SMILES string of the molecule is NC(Cc1cccs1)CC1CCOCC1. The Morgan fingerprint density at radius 1 is 1.47 bits per heavy atom. The summed E-state index contributed by atoms with van der Waals surface area (Å²) in [5.74, 6) is 0.786. The van der Waals surface area contributed by atoms with Gasteiger partial charge in [-0.3, -0.25) is 0 Å². The van der Waals surface area contributed by atoms with Crippen LogP contribution in [0.3, 0.4) is 0 Å². The topological polar surface area (TPSA) is 35.2 Å². The summed E-state index contributed by atoms with van der Waals surface area (Å²) in [6.45, 7) is 1.85. The van der Waals surface area contributed by atoms with Crippen molar-refractivity contribution in [2.75, 3.05) is 13.2 Å². The van der Waals surface area contributed by atoms with E-state index in [9.17, 15) is 0 Å². The van der Waals surface area contributed by atoms with Gasteiger partial charge >= 0.3 is 0 Å². The lowest BCUT2D eigenvalue weighted by Gasteiger charge is -2.24. The number of rotatable bonds is 4. The van der Waals surface area contributed by atoms with E-state index in [2.05, 4.69) is 17.5 Å². The Kier molecular flexibility index (Phi) is 4.18. The molecule has 0 amide bonds. The summed E-state index contributed by atoms with van der Waals surface area (Å²) in [6, 6.07) is 4.60. The van der Waals surface area contributed by atoms with Crippen molar-refractivity contribution < 1.29 is 4.74 Å². The first-order valence-electron chi connectivity index (χ1n) is 5.70. The molecule has 1 atom stereocenters. The van der Waals surface area contributed by atoms with Gasteiger partial charge in [-0.25, -0.2) is 0 Å².